The minimum absolute atomic E-state index is 0.0911. The van der Waals surface area contributed by atoms with Crippen molar-refractivity contribution < 1.29 is 9.18 Å². The number of hydrogen-bond donors (Lipinski definition) is 2. The Bertz CT molecular complexity index is 1250. The van der Waals surface area contributed by atoms with Gasteiger partial charge < -0.3 is 16.0 Å². The van der Waals surface area contributed by atoms with Crippen LogP contribution in [-0.2, 0) is 5.41 Å². The maximum absolute atomic E-state index is 15.6. The number of aromatic nitrogens is 2. The summed E-state index contributed by atoms with van der Waals surface area (Å²) in [6, 6.07) is 7.18. The van der Waals surface area contributed by atoms with Gasteiger partial charge in [-0.25, -0.2) is 9.37 Å². The molecule has 5 rings (SSSR count). The Balaban J connectivity index is 1.58. The molecule has 1 saturated carbocycles. The molecule has 2 aromatic heterocycles. The predicted molar refractivity (Wildman–Crippen MR) is 128 cm³/mol. The highest BCUT2D eigenvalue weighted by Gasteiger charge is 2.47. The van der Waals surface area contributed by atoms with Gasteiger partial charge >= 0.3 is 0 Å². The molecular formula is C25H25ClFN5O. The molecule has 3 heterocycles. The van der Waals surface area contributed by atoms with E-state index < -0.39 is 11.7 Å². The first-order valence-corrected chi connectivity index (χ1v) is 11.3. The monoisotopic (exact) mass is 465 g/mol. The van der Waals surface area contributed by atoms with Crippen LogP contribution in [0.1, 0.15) is 46.7 Å². The third kappa shape index (κ3) is 3.42. The molecule has 0 saturated heterocycles. The van der Waals surface area contributed by atoms with Crippen molar-refractivity contribution in [1.29, 1.82) is 0 Å². The van der Waals surface area contributed by atoms with Gasteiger partial charge in [0, 0.05) is 67.0 Å². The molecule has 1 fully saturated rings. The van der Waals surface area contributed by atoms with Gasteiger partial charge in [-0.15, -0.1) is 0 Å². The van der Waals surface area contributed by atoms with E-state index in [1.165, 1.54) is 10.5 Å². The van der Waals surface area contributed by atoms with Gasteiger partial charge in [0.2, 0.25) is 0 Å². The first-order valence-electron chi connectivity index (χ1n) is 10.9. The molecule has 3 aromatic rings. The van der Waals surface area contributed by atoms with E-state index in [0.29, 0.717) is 16.5 Å². The van der Waals surface area contributed by atoms with Crippen molar-refractivity contribution in [2.45, 2.75) is 30.6 Å². The molecule has 1 aromatic carbocycles. The van der Waals surface area contributed by atoms with E-state index in [2.05, 4.69) is 21.4 Å². The smallest absolute Gasteiger partial charge is 0.258 e. The molecular weight excluding hydrogens is 441 g/mol. The quantitative estimate of drug-likeness (QED) is 0.540. The van der Waals surface area contributed by atoms with E-state index in [1.54, 1.807) is 38.6 Å². The van der Waals surface area contributed by atoms with Crippen LogP contribution >= 0.6 is 11.6 Å². The van der Waals surface area contributed by atoms with E-state index in [4.69, 9.17) is 17.3 Å². The Morgan fingerprint density at radius 1 is 1.27 bits per heavy atom. The summed E-state index contributed by atoms with van der Waals surface area (Å²) in [5, 5.41) is 3.88. The number of hydrogen-bond acceptors (Lipinski definition) is 5. The lowest BCUT2D eigenvalue weighted by molar-refractivity contribution is 0.0824. The standard InChI is InChI=1S/C25H25ClFN5O/c1-32(2)24(33)19-18(28)6-5-16(22(19)27)17-12-30-23-20(21(17)26)25(13-31-23)8-7-14(10-25)15-4-3-9-29-11-15/h3-6,9,11-12,14H,7-8,10,13,28H2,1-2H3,(H,30,31)/t14-,25+/m0/s1. The van der Waals surface area contributed by atoms with Crippen molar-refractivity contribution in [2.75, 3.05) is 31.7 Å². The van der Waals surface area contributed by atoms with Crippen LogP contribution in [-0.4, -0.2) is 41.4 Å². The third-order valence-electron chi connectivity index (χ3n) is 6.99. The van der Waals surface area contributed by atoms with Crippen LogP contribution < -0.4 is 11.1 Å². The highest BCUT2D eigenvalue weighted by Crippen LogP contribution is 2.55. The molecule has 6 nitrogen and oxygen atoms in total. The fourth-order valence-electron chi connectivity index (χ4n) is 5.29. The van der Waals surface area contributed by atoms with Crippen LogP contribution in [0.2, 0.25) is 5.02 Å². The number of nitrogens with zero attached hydrogens (tertiary/aromatic N) is 3. The number of halogens is 2. The number of benzene rings is 1. The molecule has 1 amide bonds. The third-order valence-corrected chi connectivity index (χ3v) is 7.38. The number of nitrogens with one attached hydrogen (secondary N) is 1. The second-order valence-electron chi connectivity index (χ2n) is 9.16. The number of pyridine rings is 2. The summed E-state index contributed by atoms with van der Waals surface area (Å²) in [6.45, 7) is 0.740. The number of anilines is 2. The SMILES string of the molecule is CN(C)C(=O)c1c(N)ccc(-c2cnc3c(c2Cl)[C@@]2(CC[C@H](c4cccnc4)C2)CN3)c1F. The summed E-state index contributed by atoms with van der Waals surface area (Å²) < 4.78 is 15.6. The summed E-state index contributed by atoms with van der Waals surface area (Å²) >= 11 is 6.97. The lowest BCUT2D eigenvalue weighted by Gasteiger charge is -2.25. The molecule has 1 spiro atoms. The molecule has 2 atom stereocenters. The molecule has 2 aliphatic rings. The first kappa shape index (κ1) is 21.6. The van der Waals surface area contributed by atoms with Gasteiger partial charge in [-0.1, -0.05) is 17.7 Å². The van der Waals surface area contributed by atoms with Crippen molar-refractivity contribution in [3.63, 3.8) is 0 Å². The van der Waals surface area contributed by atoms with E-state index in [1.807, 2.05) is 12.3 Å². The van der Waals surface area contributed by atoms with Crippen molar-refractivity contribution in [2.24, 2.45) is 0 Å². The van der Waals surface area contributed by atoms with Crippen molar-refractivity contribution in [3.05, 3.63) is 70.4 Å². The fourth-order valence-corrected chi connectivity index (χ4v) is 5.73. The molecule has 0 unspecified atom stereocenters. The summed E-state index contributed by atoms with van der Waals surface area (Å²) in [4.78, 5) is 22.7. The summed E-state index contributed by atoms with van der Waals surface area (Å²) in [5.41, 5.74) is 8.55. The minimum atomic E-state index is -0.683. The minimum Gasteiger partial charge on any atom is -0.398 e. The van der Waals surface area contributed by atoms with E-state index in [-0.39, 0.29) is 22.2 Å². The second-order valence-corrected chi connectivity index (χ2v) is 9.54. The average molecular weight is 466 g/mol. The molecule has 170 valence electrons. The Morgan fingerprint density at radius 3 is 2.82 bits per heavy atom. The number of carbonyl (C=O) groups excluding carboxylic acids is 1. The zero-order chi connectivity index (χ0) is 23.3. The Morgan fingerprint density at radius 2 is 2.09 bits per heavy atom. The van der Waals surface area contributed by atoms with Crippen molar-refractivity contribution >= 4 is 29.0 Å². The first-order chi connectivity index (χ1) is 15.8. The van der Waals surface area contributed by atoms with E-state index >= 15 is 4.39 Å². The fraction of sp³-hybridized carbons (Fsp3) is 0.320. The van der Waals surface area contributed by atoms with Crippen molar-refractivity contribution in [1.82, 2.24) is 14.9 Å². The molecule has 0 bridgehead atoms. The second kappa shape index (κ2) is 7.99. The summed E-state index contributed by atoms with van der Waals surface area (Å²) in [6.07, 6.45) is 8.16. The lowest BCUT2D eigenvalue weighted by atomic mass is 9.79. The Kier molecular flexibility index (Phi) is 5.24. The van der Waals surface area contributed by atoms with Crippen LogP contribution in [0.15, 0.2) is 42.9 Å². The largest absolute Gasteiger partial charge is 0.398 e. The maximum Gasteiger partial charge on any atom is 0.258 e. The predicted octanol–water partition coefficient (Wildman–Crippen LogP) is 4.85. The molecule has 1 aliphatic heterocycles. The van der Waals surface area contributed by atoms with Gasteiger partial charge in [0.1, 0.15) is 11.6 Å². The van der Waals surface area contributed by atoms with Gasteiger partial charge in [-0.2, -0.15) is 0 Å². The van der Waals surface area contributed by atoms with Crippen molar-refractivity contribution in [3.8, 4) is 11.1 Å². The van der Waals surface area contributed by atoms with Gasteiger partial charge in [-0.3, -0.25) is 9.78 Å². The number of nitrogen functional groups attached to an aromatic ring is 1. The Labute approximate surface area is 197 Å². The zero-order valence-electron chi connectivity index (χ0n) is 18.5. The number of nitrogens with two attached hydrogens (primary N) is 1. The number of amides is 1. The molecule has 33 heavy (non-hydrogen) atoms. The number of fused-ring (bicyclic) bond motifs is 2. The van der Waals surface area contributed by atoms with E-state index in [9.17, 15) is 4.79 Å². The molecule has 1 aliphatic carbocycles. The van der Waals surface area contributed by atoms with Crippen LogP contribution in [0.4, 0.5) is 15.9 Å². The van der Waals surface area contributed by atoms with Gasteiger partial charge in [0.05, 0.1) is 10.6 Å². The van der Waals surface area contributed by atoms with Gasteiger partial charge in [-0.05, 0) is 48.9 Å². The van der Waals surface area contributed by atoms with E-state index in [0.717, 1.165) is 37.2 Å². The Hall–Kier alpha value is -3.19. The lowest BCUT2D eigenvalue weighted by Crippen LogP contribution is -2.25. The average Bonchev–Trinajstić information content (AvgIpc) is 3.40. The summed E-state index contributed by atoms with van der Waals surface area (Å²) in [5.74, 6) is -0.0536. The molecule has 0 radical (unpaired) electrons. The summed E-state index contributed by atoms with van der Waals surface area (Å²) in [7, 11) is 3.12. The number of carbonyl (C=O) groups is 1. The molecule has 8 heteroatoms. The van der Waals surface area contributed by atoms with Crippen LogP contribution in [0.3, 0.4) is 0 Å². The molecule has 3 N–H and O–H groups in total. The topological polar surface area (TPSA) is 84.1 Å². The van der Waals surface area contributed by atoms with Crippen LogP contribution in [0, 0.1) is 5.82 Å². The van der Waals surface area contributed by atoms with Gasteiger partial charge in [0.15, 0.2) is 0 Å². The van der Waals surface area contributed by atoms with Crippen LogP contribution in [0.25, 0.3) is 11.1 Å². The van der Waals surface area contributed by atoms with Crippen LogP contribution in [0.5, 0.6) is 0 Å². The normalized spacial score (nSPS) is 21.2. The highest BCUT2D eigenvalue weighted by molar-refractivity contribution is 6.34. The highest BCUT2D eigenvalue weighted by atomic mass is 35.5. The zero-order valence-corrected chi connectivity index (χ0v) is 19.3. The number of rotatable bonds is 3. The maximum atomic E-state index is 15.6. The van der Waals surface area contributed by atoms with Gasteiger partial charge in [0.25, 0.3) is 5.91 Å².